The second kappa shape index (κ2) is 28.9. The number of nitrogens with zero attached hydrogens (tertiary/aromatic N) is 7. The Kier molecular flexibility index (Phi) is 23.6. The van der Waals surface area contributed by atoms with Crippen molar-refractivity contribution in [3.05, 3.63) is 90.7 Å². The van der Waals surface area contributed by atoms with E-state index in [4.69, 9.17) is 81.3 Å². The van der Waals surface area contributed by atoms with Crippen molar-refractivity contribution in [1.82, 2.24) is 5.32 Å². The smallest absolute Gasteiger partial charge is 0.472 e. The monoisotopic (exact) mass is 1360 g/mol. The molecule has 5 fully saturated rings. The number of benzene rings is 1. The van der Waals surface area contributed by atoms with Gasteiger partial charge in [-0.25, -0.2) is 4.57 Å². The van der Waals surface area contributed by atoms with Crippen molar-refractivity contribution in [3.63, 3.8) is 0 Å². The molecule has 0 aliphatic carbocycles. The van der Waals surface area contributed by atoms with Gasteiger partial charge in [0.1, 0.15) is 18.3 Å². The van der Waals surface area contributed by atoms with Gasteiger partial charge in [0.25, 0.3) is 0 Å². The summed E-state index contributed by atoms with van der Waals surface area (Å²) in [6.45, 7) is 24.4. The Morgan fingerprint density at radius 2 is 1.32 bits per heavy atom. The first-order valence-corrected chi connectivity index (χ1v) is 32.7. The number of fused-ring (bicyclic) bond motifs is 10. The number of rotatable bonds is 26. The molecular formula is C63H93CoN14O14P-6. The van der Waals surface area contributed by atoms with Gasteiger partial charge in [0.15, 0.2) is 6.23 Å². The number of hydrogen-bond donors (Lipinski definition) is 10. The van der Waals surface area contributed by atoms with Gasteiger partial charge in [0.05, 0.1) is 12.7 Å². The Balaban J connectivity index is 0.00000453. The molecule has 16 N–H and O–H groups in total. The molecule has 93 heavy (non-hydrogen) atoms. The van der Waals surface area contributed by atoms with Crippen molar-refractivity contribution >= 4 is 60.5 Å². The molecule has 28 nitrogen and oxygen atoms in total. The summed E-state index contributed by atoms with van der Waals surface area (Å²) in [5.41, 5.74) is 36.4. The van der Waals surface area contributed by atoms with Crippen molar-refractivity contribution in [2.75, 3.05) is 24.7 Å². The summed E-state index contributed by atoms with van der Waals surface area (Å²) in [6.07, 6.45) is -5.27. The van der Waals surface area contributed by atoms with E-state index in [9.17, 15) is 53.2 Å². The summed E-state index contributed by atoms with van der Waals surface area (Å²) in [5.74, 6) is -6.85. The first-order chi connectivity index (χ1) is 42.8. The van der Waals surface area contributed by atoms with Crippen molar-refractivity contribution < 1.29 is 83.8 Å². The number of hydrogen-bond acceptors (Lipinski definition) is 15. The van der Waals surface area contributed by atoms with Gasteiger partial charge in [-0.1, -0.05) is 66.4 Å². The van der Waals surface area contributed by atoms with E-state index in [-0.39, 0.29) is 101 Å². The molecule has 1 radical (unpaired) electrons. The third kappa shape index (κ3) is 14.9. The molecule has 519 valence electrons. The van der Waals surface area contributed by atoms with Crippen molar-refractivity contribution in [3.8, 4) is 0 Å². The third-order valence-corrected chi connectivity index (χ3v) is 22.5. The number of nitrogens with two attached hydrogens (primary N) is 6. The van der Waals surface area contributed by atoms with Crippen molar-refractivity contribution in [2.24, 2.45) is 79.7 Å². The quantitative estimate of drug-likeness (QED) is 0.0420. The number of carbonyl (C=O) groups is 7. The number of carbonyl (C=O) groups excluding carboxylic acids is 7. The second-order valence-electron chi connectivity index (χ2n) is 27.7. The summed E-state index contributed by atoms with van der Waals surface area (Å²) in [6, 6.07) is 0.485. The fraction of sp³-hybridized carbons (Fsp3) is 0.683. The van der Waals surface area contributed by atoms with Crippen LogP contribution in [0.4, 0.5) is 11.4 Å². The number of primary amides is 6. The van der Waals surface area contributed by atoms with Crippen molar-refractivity contribution in [2.45, 2.75) is 207 Å². The summed E-state index contributed by atoms with van der Waals surface area (Å²) in [7, 11) is -5.05. The number of phosphoric acid groups is 1. The molecule has 7 aliphatic heterocycles. The second-order valence-corrected chi connectivity index (χ2v) is 29.0. The number of nitrogens with one attached hydrogen (secondary N) is 1. The maximum atomic E-state index is 14.4. The molecule has 8 bridgehead atoms. The van der Waals surface area contributed by atoms with Crippen LogP contribution in [0.25, 0.3) is 26.6 Å². The average molecular weight is 1360 g/mol. The largest absolute Gasteiger partial charge is 0.685 e. The predicted octanol–water partition coefficient (Wildman–Crippen LogP) is 5.21. The van der Waals surface area contributed by atoms with Crippen LogP contribution in [-0.2, 0) is 68.7 Å². The van der Waals surface area contributed by atoms with Crippen LogP contribution in [-0.4, -0.2) is 137 Å². The van der Waals surface area contributed by atoms with Crippen LogP contribution in [0.2, 0.25) is 0 Å². The number of allylic oxidation sites excluding steroid dienone is 3. The Labute approximate surface area is 554 Å². The molecule has 30 heteroatoms. The van der Waals surface area contributed by atoms with Crippen molar-refractivity contribution in [1.29, 1.82) is 5.26 Å². The molecule has 8 rings (SSSR count). The van der Waals surface area contributed by atoms with Gasteiger partial charge in [-0.3, -0.25) is 42.6 Å². The third-order valence-electron chi connectivity index (χ3n) is 21.3. The fourth-order valence-corrected chi connectivity index (χ4v) is 17.4. The molecule has 7 amide bonds. The minimum Gasteiger partial charge on any atom is -0.685 e. The van der Waals surface area contributed by atoms with Gasteiger partial charge in [0.2, 0.25) is 41.4 Å². The van der Waals surface area contributed by atoms with Crippen LogP contribution in [0.5, 0.6) is 0 Å². The standard InChI is InChI=1S/C62H93N13O14P.CN.Co/c1-29-20-39-40(21-30(29)2)75(28-70-39)57-52(84)53(41(27-76)87-57)89-90(85,86)88-31(3)26-69-49(83)18-19-59(8)37(22-46(66)80)56-62(11)61(10,25-48(68)82)36(14-17-45(65)79)51(74-62)33(5)55-60(9,24-47(67)81)34(12-15-43(63)77)38(71-55)23-42-58(6,7)35(13-16-44(64)78)50(72-42)32(4)54(59)73-56;1-2;/h20-21,23,31,34-38,41,50-53,56-57,76,84H,12-19,22,24-28H2,1-11H3,(H2,63,77)(H2,64,78)(H2,65,79)(H2,66,80)(H2,67,81)(H2,68,82)(H,69,83)(H,85,86);;/q-5;-1;/b42-23-,54-32-,55-33-;;/t31-,34-,35-,36-,37+,38?,41-,50?,51?,52-,53-,56-,57+,59-,60+,61+,62+;;/m1../s1. The topological polar surface area (TPSA) is 491 Å². The van der Waals surface area contributed by atoms with Crippen LogP contribution in [0, 0.1) is 71.0 Å². The molecule has 4 unspecified atom stereocenters. The first-order valence-electron chi connectivity index (χ1n) is 31.2. The van der Waals surface area contributed by atoms with Gasteiger partial charge in [-0.2, -0.15) is 17.1 Å². The van der Waals surface area contributed by atoms with Gasteiger partial charge in [-0.15, -0.1) is 40.5 Å². The molecule has 1 aromatic carbocycles. The summed E-state index contributed by atoms with van der Waals surface area (Å²) >= 11 is 0. The number of phosphoric ester groups is 1. The maximum Gasteiger partial charge on any atom is 0.472 e. The van der Waals surface area contributed by atoms with E-state index >= 15 is 0 Å². The molecule has 18 atom stereocenters. The molecule has 5 saturated heterocycles. The van der Waals surface area contributed by atoms with Crippen LogP contribution in [0.15, 0.2) is 46.4 Å². The van der Waals surface area contributed by atoms with Gasteiger partial charge < -0.3 is 103 Å². The van der Waals surface area contributed by atoms with Gasteiger partial charge in [0, 0.05) is 74.0 Å². The maximum absolute atomic E-state index is 14.4. The fourth-order valence-electron chi connectivity index (χ4n) is 16.3. The van der Waals surface area contributed by atoms with Crippen LogP contribution in [0.3, 0.4) is 0 Å². The Bertz CT molecular complexity index is 3240. The number of aliphatic hydroxyl groups is 2. The molecule has 1 aromatic rings. The Morgan fingerprint density at radius 3 is 1.89 bits per heavy atom. The summed E-state index contributed by atoms with van der Waals surface area (Å²) < 4.78 is 30.8. The van der Waals surface area contributed by atoms with Crippen LogP contribution in [0.1, 0.15) is 144 Å². The SMILES string of the molecule is C/C1=C2/[N-][C@H]([C@H](CC(N)=O)[C@@]2(C)CCC(=O)NC[C@@H](C)OP(=O)(O)O[C@H]2[C@@H](O)[C@@H](N3C[N-]c4cc(C)c(C)cc43)O[C@@H]2CO)[C@]2(C)[N-]C(/C(C)=C3\[N-]C(/C=C4\[N-]C1[C@@H](CCC(N)=O)C4(C)C)[C@@H](CCC(N)=O)[C@]3(C)CC(N)=O)[C@@H](CCC(N)=O)[C@]2(C)CC(N)=O.[C-]#N.[Co]. The normalized spacial score (nSPS) is 36.0. The number of aryl methyl sites for hydroxylation is 2. The molecular weight excluding hydrogens is 1270 g/mol. The van der Waals surface area contributed by atoms with Crippen LogP contribution < -0.4 is 44.6 Å². The zero-order valence-corrected chi connectivity index (χ0v) is 56.8. The van der Waals surface area contributed by atoms with E-state index in [1.54, 1.807) is 4.90 Å². The molecule has 0 aromatic heterocycles. The number of aliphatic hydroxyl groups excluding tert-OH is 2. The van der Waals surface area contributed by atoms with Gasteiger partial charge in [-0.05, 0) is 123 Å². The van der Waals surface area contributed by atoms with E-state index in [0.717, 1.165) is 11.1 Å². The number of ether oxygens (including phenoxy) is 1. The zero-order chi connectivity index (χ0) is 68.7. The average Bonchev–Trinajstić information content (AvgIpc) is 1.53. The number of anilines is 1. The minimum absolute atomic E-state index is 0. The zero-order valence-electron chi connectivity index (χ0n) is 54.8. The minimum atomic E-state index is -5.05. The van der Waals surface area contributed by atoms with E-state index in [1.807, 2.05) is 87.4 Å². The van der Waals surface area contributed by atoms with Gasteiger partial charge >= 0.3 is 7.82 Å². The molecule has 0 spiro atoms. The molecule has 0 saturated carbocycles. The van der Waals surface area contributed by atoms with E-state index in [2.05, 4.69) is 10.6 Å². The molecule has 7 heterocycles. The molecule has 7 aliphatic rings. The Morgan fingerprint density at radius 1 is 0.763 bits per heavy atom. The van der Waals surface area contributed by atoms with E-state index in [1.165, 1.54) is 6.92 Å². The Hall–Kier alpha value is -6.32. The van der Waals surface area contributed by atoms with E-state index in [0.29, 0.717) is 39.6 Å². The number of amides is 7. The van der Waals surface area contributed by atoms with E-state index < -0.39 is 161 Å². The summed E-state index contributed by atoms with van der Waals surface area (Å²) in [4.78, 5) is 106. The predicted molar refractivity (Wildman–Crippen MR) is 340 cm³/mol. The summed E-state index contributed by atoms with van der Waals surface area (Å²) in [5, 5.41) is 57.8. The van der Waals surface area contributed by atoms with Crippen LogP contribution >= 0.6 is 7.82 Å². The first kappa shape index (κ1) is 75.7.